The Morgan fingerprint density at radius 1 is 1.21 bits per heavy atom. The van der Waals surface area contributed by atoms with Crippen molar-refractivity contribution in [1.82, 2.24) is 0 Å². The molecule has 0 saturated carbocycles. The normalized spacial score (nSPS) is 12.8. The highest BCUT2D eigenvalue weighted by Gasteiger charge is 2.13. The molecule has 1 N–H and O–H groups in total. The van der Waals surface area contributed by atoms with Crippen molar-refractivity contribution >= 4 is 0 Å². The minimum absolute atomic E-state index is 0.107. The molecule has 1 aromatic carbocycles. The molecule has 0 aliphatic rings. The van der Waals surface area contributed by atoms with Crippen molar-refractivity contribution in [3.63, 3.8) is 0 Å². The van der Waals surface area contributed by atoms with Gasteiger partial charge >= 0.3 is 0 Å². The van der Waals surface area contributed by atoms with E-state index in [1.807, 2.05) is 26.0 Å². The van der Waals surface area contributed by atoms with Crippen molar-refractivity contribution in [1.29, 1.82) is 0 Å². The van der Waals surface area contributed by atoms with Gasteiger partial charge in [-0.3, -0.25) is 0 Å². The van der Waals surface area contributed by atoms with Crippen molar-refractivity contribution in [2.75, 3.05) is 20.3 Å². The summed E-state index contributed by atoms with van der Waals surface area (Å²) < 4.78 is 33.7. The van der Waals surface area contributed by atoms with Crippen LogP contribution in [0.1, 0.15) is 29.2 Å². The van der Waals surface area contributed by atoms with E-state index in [0.29, 0.717) is 6.42 Å². The number of halogens is 2. The molecule has 3 nitrogen and oxygen atoms in total. The lowest BCUT2D eigenvalue weighted by Crippen LogP contribution is -2.09. The molecule has 0 saturated heterocycles. The molecular formula is C14H20F2O3. The topological polar surface area (TPSA) is 38.7 Å². The largest absolute Gasteiger partial charge is 0.496 e. The SMILES string of the molecule is COc1cc(C)c(C(O)CCOCC(F)F)cc1C. The molecule has 0 bridgehead atoms. The Balaban J connectivity index is 2.61. The van der Waals surface area contributed by atoms with Gasteiger partial charge in [-0.25, -0.2) is 8.78 Å². The maximum atomic E-state index is 11.9. The quantitative estimate of drug-likeness (QED) is 0.777. The van der Waals surface area contributed by atoms with E-state index in [1.54, 1.807) is 7.11 Å². The third kappa shape index (κ3) is 4.76. The summed E-state index contributed by atoms with van der Waals surface area (Å²) in [5.41, 5.74) is 2.61. The molecule has 0 aromatic heterocycles. The summed E-state index contributed by atoms with van der Waals surface area (Å²) in [6, 6.07) is 3.71. The summed E-state index contributed by atoms with van der Waals surface area (Å²) in [6.07, 6.45) is -2.90. The molecule has 19 heavy (non-hydrogen) atoms. The lowest BCUT2D eigenvalue weighted by Gasteiger charge is -2.16. The fourth-order valence-corrected chi connectivity index (χ4v) is 1.91. The minimum atomic E-state index is -2.47. The van der Waals surface area contributed by atoms with Gasteiger partial charge in [-0.15, -0.1) is 0 Å². The van der Waals surface area contributed by atoms with Gasteiger partial charge in [0.15, 0.2) is 0 Å². The maximum absolute atomic E-state index is 11.9. The molecule has 5 heteroatoms. The monoisotopic (exact) mass is 274 g/mol. The van der Waals surface area contributed by atoms with Gasteiger partial charge in [-0.2, -0.15) is 0 Å². The Hall–Kier alpha value is -1.20. The molecule has 1 unspecified atom stereocenters. The highest BCUT2D eigenvalue weighted by Crippen LogP contribution is 2.28. The van der Waals surface area contributed by atoms with E-state index in [0.717, 1.165) is 22.4 Å². The first-order valence-electron chi connectivity index (χ1n) is 6.14. The van der Waals surface area contributed by atoms with E-state index in [4.69, 9.17) is 9.47 Å². The number of rotatable bonds is 7. The van der Waals surface area contributed by atoms with Gasteiger partial charge < -0.3 is 14.6 Å². The van der Waals surface area contributed by atoms with Crippen molar-refractivity contribution in [2.45, 2.75) is 32.8 Å². The van der Waals surface area contributed by atoms with Crippen molar-refractivity contribution < 1.29 is 23.4 Å². The summed E-state index contributed by atoms with van der Waals surface area (Å²) in [5.74, 6) is 0.766. The van der Waals surface area contributed by atoms with E-state index in [2.05, 4.69) is 0 Å². The third-order valence-corrected chi connectivity index (χ3v) is 2.92. The van der Waals surface area contributed by atoms with Gasteiger partial charge in [0.25, 0.3) is 6.43 Å². The summed E-state index contributed by atoms with van der Waals surface area (Å²) >= 11 is 0. The van der Waals surface area contributed by atoms with Crippen LogP contribution in [0.2, 0.25) is 0 Å². The lowest BCUT2D eigenvalue weighted by atomic mass is 9.98. The summed E-state index contributed by atoms with van der Waals surface area (Å²) in [6.45, 7) is 3.28. The lowest BCUT2D eigenvalue weighted by molar-refractivity contribution is 0.00474. The van der Waals surface area contributed by atoms with E-state index < -0.39 is 19.1 Å². The Kier molecular flexibility index (Phi) is 6.18. The number of aliphatic hydroxyl groups excluding tert-OH is 1. The maximum Gasteiger partial charge on any atom is 0.261 e. The van der Waals surface area contributed by atoms with Crippen LogP contribution in [0.15, 0.2) is 12.1 Å². The average Bonchev–Trinajstić information content (AvgIpc) is 2.36. The van der Waals surface area contributed by atoms with Crippen LogP contribution in [0, 0.1) is 13.8 Å². The van der Waals surface area contributed by atoms with Crippen molar-refractivity contribution in [3.8, 4) is 5.75 Å². The highest BCUT2D eigenvalue weighted by atomic mass is 19.3. The molecular weight excluding hydrogens is 254 g/mol. The number of methoxy groups -OCH3 is 1. The number of alkyl halides is 2. The molecule has 0 radical (unpaired) electrons. The second-order valence-electron chi connectivity index (χ2n) is 4.45. The second kappa shape index (κ2) is 7.40. The van der Waals surface area contributed by atoms with Crippen LogP contribution in [0.25, 0.3) is 0 Å². The number of aliphatic hydroxyl groups is 1. The van der Waals surface area contributed by atoms with Crippen molar-refractivity contribution in [3.05, 3.63) is 28.8 Å². The Morgan fingerprint density at radius 3 is 2.47 bits per heavy atom. The molecule has 108 valence electrons. The second-order valence-corrected chi connectivity index (χ2v) is 4.45. The van der Waals surface area contributed by atoms with Crippen LogP contribution >= 0.6 is 0 Å². The average molecular weight is 274 g/mol. The molecule has 0 amide bonds. The fraction of sp³-hybridized carbons (Fsp3) is 0.571. The zero-order valence-corrected chi connectivity index (χ0v) is 11.5. The molecule has 0 fully saturated rings. The predicted octanol–water partition coefficient (Wildman–Crippen LogP) is 3.02. The highest BCUT2D eigenvalue weighted by molar-refractivity contribution is 5.42. The molecule has 0 spiro atoms. The standard InChI is InChI=1S/C14H20F2O3/c1-9-7-13(18-3)10(2)6-11(9)12(17)4-5-19-8-14(15)16/h6-7,12,14,17H,4-5,8H2,1-3H3. The van der Waals surface area contributed by atoms with Gasteiger partial charge in [0.05, 0.1) is 13.2 Å². The molecule has 0 heterocycles. The van der Waals surface area contributed by atoms with Gasteiger partial charge in [-0.1, -0.05) is 0 Å². The van der Waals surface area contributed by atoms with E-state index in [-0.39, 0.29) is 6.61 Å². The van der Waals surface area contributed by atoms with E-state index in [9.17, 15) is 13.9 Å². The summed E-state index contributed by atoms with van der Waals surface area (Å²) in [7, 11) is 1.59. The van der Waals surface area contributed by atoms with Crippen LogP contribution in [0.5, 0.6) is 5.75 Å². The van der Waals surface area contributed by atoms with Crippen molar-refractivity contribution in [2.24, 2.45) is 0 Å². The van der Waals surface area contributed by atoms with Gasteiger partial charge in [0.1, 0.15) is 12.4 Å². The first kappa shape index (κ1) is 15.9. The van der Waals surface area contributed by atoms with Crippen LogP contribution in [0.3, 0.4) is 0 Å². The van der Waals surface area contributed by atoms with Crippen LogP contribution < -0.4 is 4.74 Å². The first-order valence-corrected chi connectivity index (χ1v) is 6.14. The number of hydrogen-bond acceptors (Lipinski definition) is 3. The number of aryl methyl sites for hydroxylation is 2. The first-order chi connectivity index (χ1) is 8.95. The summed E-state index contributed by atoms with van der Waals surface area (Å²) in [5, 5.41) is 10.0. The Bertz CT molecular complexity index is 408. The zero-order valence-electron chi connectivity index (χ0n) is 11.5. The minimum Gasteiger partial charge on any atom is -0.496 e. The van der Waals surface area contributed by atoms with E-state index in [1.165, 1.54) is 0 Å². The van der Waals surface area contributed by atoms with Gasteiger partial charge in [-0.05, 0) is 42.7 Å². The van der Waals surface area contributed by atoms with Gasteiger partial charge in [0.2, 0.25) is 0 Å². The number of hydrogen-bond donors (Lipinski definition) is 1. The third-order valence-electron chi connectivity index (χ3n) is 2.92. The molecule has 1 aromatic rings. The summed E-state index contributed by atoms with van der Waals surface area (Å²) in [4.78, 5) is 0. The Morgan fingerprint density at radius 2 is 1.89 bits per heavy atom. The Labute approximate surface area is 112 Å². The predicted molar refractivity (Wildman–Crippen MR) is 68.9 cm³/mol. The van der Waals surface area contributed by atoms with Crippen LogP contribution in [0.4, 0.5) is 8.78 Å². The van der Waals surface area contributed by atoms with Crippen LogP contribution in [-0.4, -0.2) is 31.9 Å². The van der Waals surface area contributed by atoms with Crippen LogP contribution in [-0.2, 0) is 4.74 Å². The van der Waals surface area contributed by atoms with E-state index >= 15 is 0 Å². The fourth-order valence-electron chi connectivity index (χ4n) is 1.91. The number of ether oxygens (including phenoxy) is 2. The molecule has 0 aliphatic carbocycles. The smallest absolute Gasteiger partial charge is 0.261 e. The molecule has 1 atom stereocenters. The molecule has 1 rings (SSSR count). The number of benzene rings is 1. The molecule has 0 aliphatic heterocycles. The van der Waals surface area contributed by atoms with Gasteiger partial charge in [0, 0.05) is 13.0 Å². The zero-order chi connectivity index (χ0) is 14.4.